The lowest BCUT2D eigenvalue weighted by Crippen LogP contribution is -2.24. The Morgan fingerprint density at radius 2 is 1.55 bits per heavy atom. The summed E-state index contributed by atoms with van der Waals surface area (Å²) in [6.07, 6.45) is 1.03. The van der Waals surface area contributed by atoms with E-state index in [9.17, 15) is 19.5 Å². The number of aryl methyl sites for hydroxylation is 1. The van der Waals surface area contributed by atoms with Gasteiger partial charge in [0.2, 0.25) is 0 Å². The molecule has 0 saturated heterocycles. The molecule has 0 bridgehead atoms. The van der Waals surface area contributed by atoms with Gasteiger partial charge in [-0.25, -0.2) is 0 Å². The van der Waals surface area contributed by atoms with E-state index in [1.54, 1.807) is 30.3 Å². The summed E-state index contributed by atoms with van der Waals surface area (Å²) < 4.78 is 0. The Morgan fingerprint density at radius 1 is 0.864 bits per heavy atom. The standard InChI is InChI=1S/C18H12O4/c19-10-6-5-9-7-14-15(18(22)13(9)8-10)17(21)12-4-2-1-3-11(12)16(14)20/h1-4,7,22H,5-6,8H2. The SMILES string of the molecule is O=C1CCc2cc3c(c(O)c2C1)C(=O)c1ccccc1C3=O. The van der Waals surface area contributed by atoms with E-state index in [4.69, 9.17) is 0 Å². The minimum atomic E-state index is -0.358. The van der Waals surface area contributed by atoms with Crippen LogP contribution in [0.5, 0.6) is 5.75 Å². The van der Waals surface area contributed by atoms with Crippen molar-refractivity contribution >= 4 is 17.3 Å². The number of hydrogen-bond acceptors (Lipinski definition) is 4. The number of carbonyl (C=O) groups excluding carboxylic acids is 3. The van der Waals surface area contributed by atoms with Crippen molar-refractivity contribution in [2.75, 3.05) is 0 Å². The molecule has 0 saturated carbocycles. The Balaban J connectivity index is 2.01. The lowest BCUT2D eigenvalue weighted by atomic mass is 9.78. The molecule has 2 aromatic rings. The van der Waals surface area contributed by atoms with E-state index in [1.807, 2.05) is 0 Å². The molecule has 108 valence electrons. The molecule has 2 aliphatic carbocycles. The van der Waals surface area contributed by atoms with Gasteiger partial charge in [0.15, 0.2) is 11.6 Å². The number of fused-ring (bicyclic) bond motifs is 3. The van der Waals surface area contributed by atoms with Crippen LogP contribution in [0.1, 0.15) is 49.4 Å². The lowest BCUT2D eigenvalue weighted by Gasteiger charge is -2.24. The van der Waals surface area contributed by atoms with E-state index < -0.39 is 0 Å². The second-order valence-electron chi connectivity index (χ2n) is 5.70. The Bertz CT molecular complexity index is 877. The molecule has 4 rings (SSSR count). The zero-order valence-electron chi connectivity index (χ0n) is 11.7. The molecule has 4 nitrogen and oxygen atoms in total. The summed E-state index contributed by atoms with van der Waals surface area (Å²) in [5, 5.41) is 10.5. The summed E-state index contributed by atoms with van der Waals surface area (Å²) in [5.41, 5.74) is 2.24. The number of rotatable bonds is 0. The van der Waals surface area contributed by atoms with Gasteiger partial charge in [-0.2, -0.15) is 0 Å². The van der Waals surface area contributed by atoms with E-state index in [0.717, 1.165) is 5.56 Å². The summed E-state index contributed by atoms with van der Waals surface area (Å²) in [5.74, 6) is -0.769. The zero-order valence-corrected chi connectivity index (χ0v) is 11.7. The highest BCUT2D eigenvalue weighted by Crippen LogP contribution is 2.38. The minimum Gasteiger partial charge on any atom is -0.507 e. The molecule has 0 unspecified atom stereocenters. The van der Waals surface area contributed by atoms with Gasteiger partial charge < -0.3 is 5.11 Å². The van der Waals surface area contributed by atoms with E-state index in [1.165, 1.54) is 0 Å². The van der Waals surface area contributed by atoms with Gasteiger partial charge in [0.1, 0.15) is 11.5 Å². The lowest BCUT2D eigenvalue weighted by molar-refractivity contribution is -0.118. The van der Waals surface area contributed by atoms with E-state index in [-0.39, 0.29) is 40.6 Å². The predicted octanol–water partition coefficient (Wildman–Crippen LogP) is 2.23. The van der Waals surface area contributed by atoms with Crippen LogP contribution in [0.2, 0.25) is 0 Å². The van der Waals surface area contributed by atoms with Crippen molar-refractivity contribution in [3.63, 3.8) is 0 Å². The van der Waals surface area contributed by atoms with E-state index >= 15 is 0 Å². The third kappa shape index (κ3) is 1.61. The van der Waals surface area contributed by atoms with Crippen molar-refractivity contribution in [3.05, 3.63) is 63.7 Å². The monoisotopic (exact) mass is 292 g/mol. The fourth-order valence-corrected chi connectivity index (χ4v) is 3.31. The van der Waals surface area contributed by atoms with Crippen molar-refractivity contribution in [3.8, 4) is 5.75 Å². The molecule has 22 heavy (non-hydrogen) atoms. The van der Waals surface area contributed by atoms with Gasteiger partial charge in [0.25, 0.3) is 0 Å². The second kappa shape index (κ2) is 4.37. The van der Waals surface area contributed by atoms with Crippen LogP contribution in [-0.4, -0.2) is 22.5 Å². The maximum atomic E-state index is 12.6. The van der Waals surface area contributed by atoms with Crippen molar-refractivity contribution in [2.45, 2.75) is 19.3 Å². The van der Waals surface area contributed by atoms with E-state index in [2.05, 4.69) is 0 Å². The molecule has 0 aromatic heterocycles. The molecule has 1 N–H and O–H groups in total. The second-order valence-corrected chi connectivity index (χ2v) is 5.70. The molecule has 0 fully saturated rings. The number of ketones is 3. The molecule has 2 aliphatic rings. The number of carbonyl (C=O) groups is 3. The molecule has 0 amide bonds. The number of aromatic hydroxyl groups is 1. The highest BCUT2D eigenvalue weighted by atomic mass is 16.3. The van der Waals surface area contributed by atoms with E-state index in [0.29, 0.717) is 29.5 Å². The quantitative estimate of drug-likeness (QED) is 0.689. The Hall–Kier alpha value is -2.75. The Morgan fingerprint density at radius 3 is 2.27 bits per heavy atom. The van der Waals surface area contributed by atoms with Crippen LogP contribution < -0.4 is 0 Å². The zero-order chi connectivity index (χ0) is 15.4. The van der Waals surface area contributed by atoms with Crippen molar-refractivity contribution in [1.29, 1.82) is 0 Å². The highest BCUT2D eigenvalue weighted by molar-refractivity contribution is 6.29. The first-order chi connectivity index (χ1) is 10.6. The third-order valence-corrected chi connectivity index (χ3v) is 4.43. The summed E-state index contributed by atoms with van der Waals surface area (Å²) in [7, 11) is 0. The average molecular weight is 292 g/mol. The molecule has 2 aromatic carbocycles. The topological polar surface area (TPSA) is 71.4 Å². The molecule has 4 heteroatoms. The molecule has 0 heterocycles. The fourth-order valence-electron chi connectivity index (χ4n) is 3.31. The van der Waals surface area contributed by atoms with Gasteiger partial charge in [-0.3, -0.25) is 14.4 Å². The summed E-state index contributed by atoms with van der Waals surface area (Å²) in [6.45, 7) is 0. The predicted molar refractivity (Wildman–Crippen MR) is 78.4 cm³/mol. The first-order valence-electron chi connectivity index (χ1n) is 7.15. The minimum absolute atomic E-state index is 0.0390. The van der Waals surface area contributed by atoms with Crippen LogP contribution in [0.4, 0.5) is 0 Å². The van der Waals surface area contributed by atoms with Gasteiger partial charge >= 0.3 is 0 Å². The van der Waals surface area contributed by atoms with Crippen LogP contribution in [-0.2, 0) is 17.6 Å². The normalized spacial score (nSPS) is 16.1. The summed E-state index contributed by atoms with van der Waals surface area (Å²) in [6, 6.07) is 8.29. The molecule has 0 atom stereocenters. The number of phenols is 1. The maximum Gasteiger partial charge on any atom is 0.198 e. The number of Topliss-reactive ketones (excluding diaryl/α,β-unsaturated/α-hetero) is 1. The summed E-state index contributed by atoms with van der Waals surface area (Å²) >= 11 is 0. The molecule has 0 aliphatic heterocycles. The third-order valence-electron chi connectivity index (χ3n) is 4.43. The number of hydrogen-bond donors (Lipinski definition) is 1. The smallest absolute Gasteiger partial charge is 0.198 e. The van der Waals surface area contributed by atoms with Crippen molar-refractivity contribution in [1.82, 2.24) is 0 Å². The Kier molecular flexibility index (Phi) is 2.57. The van der Waals surface area contributed by atoms with Crippen LogP contribution in [0, 0.1) is 0 Å². The highest BCUT2D eigenvalue weighted by Gasteiger charge is 2.35. The van der Waals surface area contributed by atoms with Crippen molar-refractivity contribution in [2.24, 2.45) is 0 Å². The van der Waals surface area contributed by atoms with Crippen LogP contribution in [0.25, 0.3) is 0 Å². The van der Waals surface area contributed by atoms with Crippen LogP contribution in [0.3, 0.4) is 0 Å². The van der Waals surface area contributed by atoms with Crippen LogP contribution >= 0.6 is 0 Å². The van der Waals surface area contributed by atoms with Gasteiger partial charge in [-0.1, -0.05) is 24.3 Å². The maximum absolute atomic E-state index is 12.6. The van der Waals surface area contributed by atoms with Crippen LogP contribution in [0.15, 0.2) is 30.3 Å². The van der Waals surface area contributed by atoms with Gasteiger partial charge in [-0.15, -0.1) is 0 Å². The van der Waals surface area contributed by atoms with Gasteiger partial charge in [0.05, 0.1) is 5.56 Å². The molecular formula is C18H12O4. The largest absolute Gasteiger partial charge is 0.507 e. The van der Waals surface area contributed by atoms with Gasteiger partial charge in [0, 0.05) is 35.1 Å². The first-order valence-corrected chi connectivity index (χ1v) is 7.15. The van der Waals surface area contributed by atoms with Gasteiger partial charge in [-0.05, 0) is 18.1 Å². The fraction of sp³-hybridized carbons (Fsp3) is 0.167. The molecule has 0 radical (unpaired) electrons. The average Bonchev–Trinajstić information content (AvgIpc) is 2.53. The summed E-state index contributed by atoms with van der Waals surface area (Å²) in [4.78, 5) is 36.9. The molecule has 0 spiro atoms. The first kappa shape index (κ1) is 13.0. The Labute approximate surface area is 126 Å². The number of benzene rings is 2. The van der Waals surface area contributed by atoms with Crippen molar-refractivity contribution < 1.29 is 19.5 Å². The molecular weight excluding hydrogens is 280 g/mol. The number of phenolic OH excluding ortho intramolecular Hbond substituents is 1.